The Balaban J connectivity index is 2.17. The van der Waals surface area contributed by atoms with E-state index in [1.54, 1.807) is 19.9 Å². The van der Waals surface area contributed by atoms with Crippen LogP contribution in [0.3, 0.4) is 0 Å². The van der Waals surface area contributed by atoms with Gasteiger partial charge in [-0.1, -0.05) is 11.6 Å². The Bertz CT molecular complexity index is 742. The summed E-state index contributed by atoms with van der Waals surface area (Å²) < 4.78 is 6.70. The normalized spacial score (nSPS) is 10.4. The number of nitrogens with zero attached hydrogens (tertiary/aromatic N) is 2. The molecule has 0 saturated carbocycles. The molecule has 1 heterocycles. The van der Waals surface area contributed by atoms with E-state index in [0.717, 1.165) is 0 Å². The highest BCUT2D eigenvalue weighted by atomic mass is 35.5. The van der Waals surface area contributed by atoms with Crippen molar-refractivity contribution in [3.8, 4) is 5.75 Å². The number of hydrogen-bond acceptors (Lipinski definition) is 4. The Morgan fingerprint density at radius 2 is 2.17 bits per heavy atom. The maximum Gasteiger partial charge on any atom is 0.337 e. The summed E-state index contributed by atoms with van der Waals surface area (Å²) in [4.78, 5) is 23.4. The second-order valence-electron chi connectivity index (χ2n) is 4.73. The quantitative estimate of drug-likeness (QED) is 0.845. The Morgan fingerprint density at radius 1 is 1.43 bits per heavy atom. The Kier molecular flexibility index (Phi) is 5.23. The highest BCUT2D eigenvalue weighted by Gasteiger charge is 2.15. The number of ether oxygens (including phenoxy) is 1. The van der Waals surface area contributed by atoms with Crippen LogP contribution in [0.1, 0.15) is 23.0 Å². The van der Waals surface area contributed by atoms with E-state index in [1.807, 2.05) is 0 Å². The summed E-state index contributed by atoms with van der Waals surface area (Å²) >= 11 is 5.88. The molecule has 2 aromatic rings. The van der Waals surface area contributed by atoms with Crippen molar-refractivity contribution in [1.82, 2.24) is 9.78 Å². The molecular formula is C15H16ClN3O4. The summed E-state index contributed by atoms with van der Waals surface area (Å²) in [5, 5.41) is 16.3. The number of halogens is 1. The van der Waals surface area contributed by atoms with Gasteiger partial charge in [-0.15, -0.1) is 0 Å². The first-order valence-electron chi connectivity index (χ1n) is 6.90. The van der Waals surface area contributed by atoms with Crippen LogP contribution in [-0.2, 0) is 11.3 Å². The molecule has 23 heavy (non-hydrogen) atoms. The van der Waals surface area contributed by atoms with E-state index in [0.29, 0.717) is 23.1 Å². The molecule has 7 nitrogen and oxygen atoms in total. The van der Waals surface area contributed by atoms with Crippen LogP contribution >= 0.6 is 11.6 Å². The summed E-state index contributed by atoms with van der Waals surface area (Å²) in [5.41, 5.74) is 0.813. The second kappa shape index (κ2) is 7.15. The number of aromatic carboxylic acids is 1. The van der Waals surface area contributed by atoms with Gasteiger partial charge >= 0.3 is 5.97 Å². The van der Waals surface area contributed by atoms with Crippen LogP contribution < -0.4 is 10.1 Å². The van der Waals surface area contributed by atoms with Gasteiger partial charge < -0.3 is 15.2 Å². The van der Waals surface area contributed by atoms with Gasteiger partial charge in [-0.3, -0.25) is 9.48 Å². The number of rotatable bonds is 6. The summed E-state index contributed by atoms with van der Waals surface area (Å²) in [6.45, 7) is 3.89. The number of nitrogens with one attached hydrogen (secondary N) is 1. The molecule has 0 unspecified atom stereocenters. The molecule has 8 heteroatoms. The van der Waals surface area contributed by atoms with Crippen molar-refractivity contribution in [1.29, 1.82) is 0 Å². The molecular weight excluding hydrogens is 322 g/mol. The molecule has 0 aliphatic carbocycles. The van der Waals surface area contributed by atoms with Gasteiger partial charge in [0, 0.05) is 0 Å². The molecule has 1 aromatic heterocycles. The zero-order valence-corrected chi connectivity index (χ0v) is 13.4. The topological polar surface area (TPSA) is 93.5 Å². The molecule has 0 saturated heterocycles. The van der Waals surface area contributed by atoms with Crippen molar-refractivity contribution in [2.24, 2.45) is 0 Å². The van der Waals surface area contributed by atoms with Gasteiger partial charge in [-0.25, -0.2) is 4.79 Å². The van der Waals surface area contributed by atoms with Gasteiger partial charge in [0.15, 0.2) is 0 Å². The smallest absolute Gasteiger partial charge is 0.337 e. The van der Waals surface area contributed by atoms with E-state index in [2.05, 4.69) is 10.4 Å². The first kappa shape index (κ1) is 16.8. The number of hydrogen-bond donors (Lipinski definition) is 2. The summed E-state index contributed by atoms with van der Waals surface area (Å²) in [6, 6.07) is 4.47. The lowest BCUT2D eigenvalue weighted by molar-refractivity contribution is -0.116. The molecule has 122 valence electrons. The van der Waals surface area contributed by atoms with Crippen LogP contribution in [-0.4, -0.2) is 33.4 Å². The summed E-state index contributed by atoms with van der Waals surface area (Å²) in [6.07, 6.45) is 1.45. The molecule has 1 aromatic carbocycles. The minimum absolute atomic E-state index is 0.0421. The fraction of sp³-hybridized carbons (Fsp3) is 0.267. The fourth-order valence-corrected chi connectivity index (χ4v) is 2.12. The van der Waals surface area contributed by atoms with Gasteiger partial charge in [0.1, 0.15) is 12.3 Å². The third-order valence-corrected chi connectivity index (χ3v) is 3.51. The first-order valence-corrected chi connectivity index (χ1v) is 7.28. The first-order chi connectivity index (χ1) is 10.9. The zero-order valence-electron chi connectivity index (χ0n) is 12.7. The number of aromatic nitrogens is 2. The minimum atomic E-state index is -1.15. The van der Waals surface area contributed by atoms with E-state index < -0.39 is 11.9 Å². The molecule has 2 N–H and O–H groups in total. The average Bonchev–Trinajstić information content (AvgIpc) is 2.81. The van der Waals surface area contributed by atoms with Crippen LogP contribution in [0.4, 0.5) is 5.69 Å². The van der Waals surface area contributed by atoms with E-state index in [1.165, 1.54) is 23.0 Å². The van der Waals surface area contributed by atoms with Crippen molar-refractivity contribution < 1.29 is 19.4 Å². The summed E-state index contributed by atoms with van der Waals surface area (Å²) in [5.74, 6) is -1.13. The lowest BCUT2D eigenvalue weighted by atomic mass is 10.1. The van der Waals surface area contributed by atoms with Gasteiger partial charge in [-0.2, -0.15) is 5.10 Å². The molecule has 2 rings (SSSR count). The van der Waals surface area contributed by atoms with Gasteiger partial charge in [0.05, 0.1) is 34.8 Å². The molecule has 0 atom stereocenters. The lowest BCUT2D eigenvalue weighted by Gasteiger charge is -2.11. The molecule has 0 radical (unpaired) electrons. The van der Waals surface area contributed by atoms with E-state index in [-0.39, 0.29) is 17.8 Å². The van der Waals surface area contributed by atoms with Crippen molar-refractivity contribution in [2.45, 2.75) is 20.4 Å². The van der Waals surface area contributed by atoms with Gasteiger partial charge in [0.25, 0.3) is 0 Å². The van der Waals surface area contributed by atoms with Crippen LogP contribution in [0, 0.1) is 6.92 Å². The number of anilines is 1. The highest BCUT2D eigenvalue weighted by molar-refractivity contribution is 6.31. The highest BCUT2D eigenvalue weighted by Crippen LogP contribution is 2.22. The van der Waals surface area contributed by atoms with Crippen LogP contribution in [0.2, 0.25) is 5.02 Å². The third kappa shape index (κ3) is 4.01. The molecule has 1 amide bonds. The molecule has 0 aliphatic rings. The molecule has 0 spiro atoms. The number of amides is 1. The minimum Gasteiger partial charge on any atom is -0.494 e. The average molecular weight is 338 g/mol. The number of benzene rings is 1. The monoisotopic (exact) mass is 337 g/mol. The van der Waals surface area contributed by atoms with E-state index >= 15 is 0 Å². The summed E-state index contributed by atoms with van der Waals surface area (Å²) in [7, 11) is 0. The third-order valence-electron chi connectivity index (χ3n) is 3.14. The van der Waals surface area contributed by atoms with Crippen LogP contribution in [0.5, 0.6) is 5.75 Å². The number of carbonyl (C=O) groups is 2. The van der Waals surface area contributed by atoms with Gasteiger partial charge in [-0.05, 0) is 32.0 Å². The predicted octanol–water partition coefficient (Wildman–Crippen LogP) is 2.58. The van der Waals surface area contributed by atoms with E-state index in [9.17, 15) is 14.7 Å². The zero-order chi connectivity index (χ0) is 17.0. The number of carbonyl (C=O) groups excluding carboxylic acids is 1. The van der Waals surface area contributed by atoms with Crippen LogP contribution in [0.15, 0.2) is 24.4 Å². The molecule has 0 bridgehead atoms. The standard InChI is InChI=1S/C15H16ClN3O4/c1-3-23-10-4-5-13(11(6-10)15(21)22)18-14(20)8-19-9(2)12(16)7-17-19/h4-7H,3,8H2,1-2H3,(H,18,20)(H,21,22). The Morgan fingerprint density at radius 3 is 2.74 bits per heavy atom. The van der Waals surface area contributed by atoms with Crippen molar-refractivity contribution >= 4 is 29.2 Å². The largest absolute Gasteiger partial charge is 0.494 e. The van der Waals surface area contributed by atoms with Crippen molar-refractivity contribution in [2.75, 3.05) is 11.9 Å². The maximum atomic E-state index is 12.1. The fourth-order valence-electron chi connectivity index (χ4n) is 1.97. The van der Waals surface area contributed by atoms with Gasteiger partial charge in [0.2, 0.25) is 5.91 Å². The maximum absolute atomic E-state index is 12.1. The second-order valence-corrected chi connectivity index (χ2v) is 5.14. The SMILES string of the molecule is CCOc1ccc(NC(=O)Cn2ncc(Cl)c2C)c(C(=O)O)c1. The van der Waals surface area contributed by atoms with Crippen LogP contribution in [0.25, 0.3) is 0 Å². The van der Waals surface area contributed by atoms with E-state index in [4.69, 9.17) is 16.3 Å². The van der Waals surface area contributed by atoms with Crippen molar-refractivity contribution in [3.05, 3.63) is 40.7 Å². The number of carboxylic acids is 1. The Hall–Kier alpha value is -2.54. The predicted molar refractivity (Wildman–Crippen MR) is 85.2 cm³/mol. The lowest BCUT2D eigenvalue weighted by Crippen LogP contribution is -2.21. The molecule has 0 aliphatic heterocycles. The molecule has 0 fully saturated rings. The number of carboxylic acid groups (broad SMARTS) is 1. The Labute approximate surface area is 137 Å². The van der Waals surface area contributed by atoms with Crippen molar-refractivity contribution in [3.63, 3.8) is 0 Å².